The van der Waals surface area contributed by atoms with Gasteiger partial charge in [-0.1, -0.05) is 15.9 Å². The third-order valence-corrected chi connectivity index (χ3v) is 5.06. The summed E-state index contributed by atoms with van der Waals surface area (Å²) >= 11 is 7.07. The average molecular weight is 456 g/mol. The summed E-state index contributed by atoms with van der Waals surface area (Å²) in [6, 6.07) is 12.6. The van der Waals surface area contributed by atoms with Crippen molar-refractivity contribution in [3.05, 3.63) is 50.9 Å². The van der Waals surface area contributed by atoms with Crippen LogP contribution in [0.3, 0.4) is 0 Å². The Morgan fingerprint density at radius 2 is 1.83 bits per heavy atom. The third kappa shape index (κ3) is 4.23. The first kappa shape index (κ1) is 17.6. The standard InChI is InChI=1S/C18H20Br2N2O2/c1-23-18-13(10-14(19)11-17(18)20)12-21-15-2-4-16(5-3-15)22-6-8-24-9-7-22/h2-5,10-11,21H,6-9,12H2,1H3. The lowest BCUT2D eigenvalue weighted by Gasteiger charge is -2.29. The van der Waals surface area contributed by atoms with Gasteiger partial charge >= 0.3 is 0 Å². The highest BCUT2D eigenvalue weighted by Crippen LogP contribution is 2.33. The van der Waals surface area contributed by atoms with Crippen LogP contribution in [0, 0.1) is 0 Å². The van der Waals surface area contributed by atoms with Crippen LogP contribution in [0.2, 0.25) is 0 Å². The molecule has 6 heteroatoms. The van der Waals surface area contributed by atoms with Crippen LogP contribution in [0.25, 0.3) is 0 Å². The number of methoxy groups -OCH3 is 1. The first-order valence-electron chi connectivity index (χ1n) is 7.86. The normalized spacial score (nSPS) is 14.5. The van der Waals surface area contributed by atoms with E-state index >= 15 is 0 Å². The maximum atomic E-state index is 5.49. The number of benzene rings is 2. The molecule has 0 amide bonds. The van der Waals surface area contributed by atoms with Gasteiger partial charge in [0.1, 0.15) is 5.75 Å². The first-order chi connectivity index (χ1) is 11.7. The number of hydrogen-bond acceptors (Lipinski definition) is 4. The minimum atomic E-state index is 0.693. The van der Waals surface area contributed by atoms with Gasteiger partial charge in [0.15, 0.2) is 0 Å². The van der Waals surface area contributed by atoms with E-state index < -0.39 is 0 Å². The Morgan fingerprint density at radius 3 is 2.50 bits per heavy atom. The van der Waals surface area contributed by atoms with Gasteiger partial charge in [-0.25, -0.2) is 0 Å². The highest BCUT2D eigenvalue weighted by molar-refractivity contribution is 9.11. The predicted molar refractivity (Wildman–Crippen MR) is 105 cm³/mol. The fraction of sp³-hybridized carbons (Fsp3) is 0.333. The van der Waals surface area contributed by atoms with Crippen LogP contribution in [0.5, 0.6) is 5.75 Å². The molecule has 0 atom stereocenters. The van der Waals surface area contributed by atoms with E-state index in [1.54, 1.807) is 7.11 Å². The fourth-order valence-corrected chi connectivity index (χ4v) is 4.26. The van der Waals surface area contributed by atoms with Crippen LogP contribution in [0.1, 0.15) is 5.56 Å². The summed E-state index contributed by atoms with van der Waals surface area (Å²) in [7, 11) is 1.69. The molecule has 0 aliphatic carbocycles. The lowest BCUT2D eigenvalue weighted by molar-refractivity contribution is 0.122. The van der Waals surface area contributed by atoms with Gasteiger partial charge in [0.25, 0.3) is 0 Å². The maximum absolute atomic E-state index is 5.49. The van der Waals surface area contributed by atoms with Gasteiger partial charge in [-0.15, -0.1) is 0 Å². The van der Waals surface area contributed by atoms with Crippen LogP contribution in [-0.2, 0) is 11.3 Å². The van der Waals surface area contributed by atoms with E-state index in [0.717, 1.165) is 52.2 Å². The summed E-state index contributed by atoms with van der Waals surface area (Å²) in [5, 5.41) is 3.46. The molecule has 1 saturated heterocycles. The maximum Gasteiger partial charge on any atom is 0.138 e. The zero-order chi connectivity index (χ0) is 16.9. The Labute approximate surface area is 159 Å². The number of halogens is 2. The Balaban J connectivity index is 1.67. The minimum absolute atomic E-state index is 0.693. The molecule has 1 aliphatic heterocycles. The Morgan fingerprint density at radius 1 is 1.12 bits per heavy atom. The number of ether oxygens (including phenoxy) is 2. The van der Waals surface area contributed by atoms with Crippen LogP contribution in [0.4, 0.5) is 11.4 Å². The molecule has 0 spiro atoms. The largest absolute Gasteiger partial charge is 0.495 e. The Kier molecular flexibility index (Phi) is 6.03. The Bertz CT molecular complexity index is 686. The lowest BCUT2D eigenvalue weighted by Crippen LogP contribution is -2.36. The van der Waals surface area contributed by atoms with E-state index in [1.165, 1.54) is 5.69 Å². The van der Waals surface area contributed by atoms with Crippen LogP contribution >= 0.6 is 31.9 Å². The molecule has 2 aromatic carbocycles. The van der Waals surface area contributed by atoms with Gasteiger partial charge < -0.3 is 19.7 Å². The van der Waals surface area contributed by atoms with Crippen molar-refractivity contribution in [2.45, 2.75) is 6.54 Å². The van der Waals surface area contributed by atoms with Crippen molar-refractivity contribution in [1.29, 1.82) is 0 Å². The van der Waals surface area contributed by atoms with Gasteiger partial charge in [0.05, 0.1) is 24.8 Å². The van der Waals surface area contributed by atoms with Crippen molar-refractivity contribution in [2.24, 2.45) is 0 Å². The zero-order valence-electron chi connectivity index (χ0n) is 13.5. The van der Waals surface area contributed by atoms with Crippen molar-refractivity contribution in [1.82, 2.24) is 0 Å². The van der Waals surface area contributed by atoms with Crippen LogP contribution in [-0.4, -0.2) is 33.4 Å². The summed E-state index contributed by atoms with van der Waals surface area (Å²) in [5.74, 6) is 0.857. The van der Waals surface area contributed by atoms with Crippen molar-refractivity contribution < 1.29 is 9.47 Å². The van der Waals surface area contributed by atoms with Gasteiger partial charge in [-0.2, -0.15) is 0 Å². The molecule has 1 N–H and O–H groups in total. The van der Waals surface area contributed by atoms with Crippen molar-refractivity contribution in [3.8, 4) is 5.75 Å². The number of rotatable bonds is 5. The molecule has 1 heterocycles. The molecule has 2 aromatic rings. The van der Waals surface area contributed by atoms with E-state index in [1.807, 2.05) is 6.07 Å². The Hall–Kier alpha value is -1.24. The molecule has 4 nitrogen and oxygen atoms in total. The number of hydrogen-bond donors (Lipinski definition) is 1. The molecule has 0 radical (unpaired) electrons. The first-order valence-corrected chi connectivity index (χ1v) is 9.44. The van der Waals surface area contributed by atoms with Gasteiger partial charge in [0, 0.05) is 41.0 Å². The molecule has 1 aliphatic rings. The molecule has 0 bridgehead atoms. The molecule has 1 fully saturated rings. The second kappa shape index (κ2) is 8.23. The van der Waals surface area contributed by atoms with E-state index in [4.69, 9.17) is 9.47 Å². The summed E-state index contributed by atoms with van der Waals surface area (Å²) in [4.78, 5) is 2.35. The average Bonchev–Trinajstić information content (AvgIpc) is 2.61. The number of morpholine rings is 1. The minimum Gasteiger partial charge on any atom is -0.495 e. The lowest BCUT2D eigenvalue weighted by atomic mass is 10.2. The third-order valence-electron chi connectivity index (χ3n) is 4.02. The van der Waals surface area contributed by atoms with E-state index in [2.05, 4.69) is 72.4 Å². The number of anilines is 2. The van der Waals surface area contributed by atoms with Crippen LogP contribution in [0.15, 0.2) is 45.3 Å². The van der Waals surface area contributed by atoms with Crippen molar-refractivity contribution >= 4 is 43.2 Å². The van der Waals surface area contributed by atoms with Crippen molar-refractivity contribution in [2.75, 3.05) is 43.6 Å². The monoisotopic (exact) mass is 454 g/mol. The molecule has 0 aromatic heterocycles. The zero-order valence-corrected chi connectivity index (χ0v) is 16.7. The molecule has 0 saturated carbocycles. The number of nitrogens with zero attached hydrogens (tertiary/aromatic N) is 1. The van der Waals surface area contributed by atoms with E-state index in [-0.39, 0.29) is 0 Å². The van der Waals surface area contributed by atoms with E-state index in [0.29, 0.717) is 6.54 Å². The quantitative estimate of drug-likeness (QED) is 0.710. The molecule has 0 unspecified atom stereocenters. The predicted octanol–water partition coefficient (Wildman–Crippen LogP) is 4.67. The summed E-state index contributed by atoms with van der Waals surface area (Å²) in [6.07, 6.45) is 0. The summed E-state index contributed by atoms with van der Waals surface area (Å²) < 4.78 is 12.9. The van der Waals surface area contributed by atoms with E-state index in [9.17, 15) is 0 Å². The second-order valence-electron chi connectivity index (χ2n) is 5.58. The van der Waals surface area contributed by atoms with Gasteiger partial charge in [0.2, 0.25) is 0 Å². The molecule has 3 rings (SSSR count). The highest BCUT2D eigenvalue weighted by Gasteiger charge is 2.11. The smallest absolute Gasteiger partial charge is 0.138 e. The van der Waals surface area contributed by atoms with Crippen molar-refractivity contribution in [3.63, 3.8) is 0 Å². The molecule has 128 valence electrons. The summed E-state index contributed by atoms with van der Waals surface area (Å²) in [6.45, 7) is 4.21. The molecule has 24 heavy (non-hydrogen) atoms. The number of nitrogens with one attached hydrogen (secondary N) is 1. The second-order valence-corrected chi connectivity index (χ2v) is 7.35. The molecular weight excluding hydrogens is 436 g/mol. The van der Waals surface area contributed by atoms with Gasteiger partial charge in [-0.3, -0.25) is 0 Å². The SMILES string of the molecule is COc1c(Br)cc(Br)cc1CNc1ccc(N2CCOCC2)cc1. The topological polar surface area (TPSA) is 33.7 Å². The van der Waals surface area contributed by atoms with Gasteiger partial charge in [-0.05, 0) is 52.3 Å². The highest BCUT2D eigenvalue weighted by atomic mass is 79.9. The van der Waals surface area contributed by atoms with Crippen LogP contribution < -0.4 is 15.0 Å². The molecular formula is C18H20Br2N2O2. The summed E-state index contributed by atoms with van der Waals surface area (Å²) in [5.41, 5.74) is 3.42. The fourth-order valence-electron chi connectivity index (χ4n) is 2.78.